The molecule has 270 valence electrons. The van der Waals surface area contributed by atoms with E-state index in [0.29, 0.717) is 30.2 Å². The molecule has 0 radical (unpaired) electrons. The Morgan fingerprint density at radius 2 is 1.63 bits per heavy atom. The molecule has 0 spiro atoms. The number of imidazole rings is 1. The summed E-state index contributed by atoms with van der Waals surface area (Å²) in [6.45, 7) is 2.19. The molecule has 0 aliphatic rings. The lowest BCUT2D eigenvalue weighted by atomic mass is 9.97. The average Bonchev–Trinajstić information content (AvgIpc) is 3.80. The number of aromatic nitrogens is 6. The third-order valence-corrected chi connectivity index (χ3v) is 8.73. The summed E-state index contributed by atoms with van der Waals surface area (Å²) in [5, 5.41) is 38.3. The van der Waals surface area contributed by atoms with Gasteiger partial charge in [-0.2, -0.15) is 0 Å². The van der Waals surface area contributed by atoms with Crippen molar-refractivity contribution in [3.05, 3.63) is 107 Å². The van der Waals surface area contributed by atoms with Gasteiger partial charge in [0.05, 0.1) is 0 Å². The van der Waals surface area contributed by atoms with Crippen molar-refractivity contribution in [2.45, 2.75) is 51.6 Å². The second kappa shape index (κ2) is 17.8. The Hall–Kier alpha value is -5.93. The molecule has 0 fully saturated rings. The molecule has 15 nitrogen and oxygen atoms in total. The molecule has 2 aromatic heterocycles. The van der Waals surface area contributed by atoms with Gasteiger partial charge in [-0.1, -0.05) is 104 Å². The molecule has 52 heavy (non-hydrogen) atoms. The molecule has 3 amide bonds. The fourth-order valence-electron chi connectivity index (χ4n) is 5.74. The maximum Gasteiger partial charge on any atom is 0.326 e. The summed E-state index contributed by atoms with van der Waals surface area (Å²) in [4.78, 5) is 55.5. The number of hydrogen-bond acceptors (Lipinski definition) is 9. The number of unbranched alkanes of at least 4 members (excludes halogenated alkanes) is 1. The van der Waals surface area contributed by atoms with E-state index in [-0.39, 0.29) is 30.2 Å². The SMILES string of the molecule is CCCCc1nc(Cl)c(C(=O)NCCC(NC(=O)C(Cc2ccccc2)C(=O)NO)C(=O)O)n1Cc1ccc(-c2ccccc2-c2nnn[nH]2)cc1. The third-order valence-electron chi connectivity index (χ3n) is 8.47. The fourth-order valence-corrected chi connectivity index (χ4v) is 6.03. The second-order valence-electron chi connectivity index (χ2n) is 12.0. The number of nitrogens with one attached hydrogen (secondary N) is 4. The zero-order valence-corrected chi connectivity index (χ0v) is 29.0. The van der Waals surface area contributed by atoms with E-state index in [1.54, 1.807) is 34.9 Å². The number of halogens is 1. The van der Waals surface area contributed by atoms with E-state index < -0.39 is 35.7 Å². The van der Waals surface area contributed by atoms with Gasteiger partial charge in [0.15, 0.2) is 11.0 Å². The number of carboxylic acid groups (broad SMARTS) is 1. The third kappa shape index (κ3) is 9.24. The first-order chi connectivity index (χ1) is 25.2. The van der Waals surface area contributed by atoms with Crippen LogP contribution in [0.1, 0.15) is 53.6 Å². The Balaban J connectivity index is 1.28. The van der Waals surface area contributed by atoms with E-state index in [2.05, 4.69) is 36.2 Å². The largest absolute Gasteiger partial charge is 0.480 e. The van der Waals surface area contributed by atoms with E-state index >= 15 is 0 Å². The predicted octanol–water partition coefficient (Wildman–Crippen LogP) is 3.83. The maximum atomic E-state index is 13.6. The number of benzene rings is 3. The smallest absolute Gasteiger partial charge is 0.326 e. The first-order valence-corrected chi connectivity index (χ1v) is 17.0. The summed E-state index contributed by atoms with van der Waals surface area (Å²) in [6.07, 6.45) is 2.03. The van der Waals surface area contributed by atoms with Crippen molar-refractivity contribution >= 4 is 35.3 Å². The normalized spacial score (nSPS) is 12.1. The minimum Gasteiger partial charge on any atom is -0.480 e. The van der Waals surface area contributed by atoms with Gasteiger partial charge in [-0.3, -0.25) is 19.6 Å². The van der Waals surface area contributed by atoms with Gasteiger partial charge in [0.1, 0.15) is 23.5 Å². The molecule has 2 unspecified atom stereocenters. The van der Waals surface area contributed by atoms with Crippen molar-refractivity contribution < 1.29 is 29.5 Å². The van der Waals surface area contributed by atoms with Crippen molar-refractivity contribution in [3.8, 4) is 22.5 Å². The molecule has 0 saturated heterocycles. The number of H-pyrrole nitrogens is 1. The van der Waals surface area contributed by atoms with Crippen LogP contribution in [0.3, 0.4) is 0 Å². The van der Waals surface area contributed by atoms with E-state index in [1.807, 2.05) is 55.5 Å². The van der Waals surface area contributed by atoms with Gasteiger partial charge in [-0.05, 0) is 51.9 Å². The lowest BCUT2D eigenvalue weighted by Gasteiger charge is -2.20. The van der Waals surface area contributed by atoms with E-state index in [0.717, 1.165) is 35.1 Å². The molecule has 6 N–H and O–H groups in total. The molecular formula is C36H38ClN9O6. The zero-order valence-electron chi connectivity index (χ0n) is 28.3. The zero-order chi connectivity index (χ0) is 37.0. The van der Waals surface area contributed by atoms with Crippen LogP contribution in [-0.4, -0.2) is 76.8 Å². The number of carboxylic acids is 1. The van der Waals surface area contributed by atoms with Gasteiger partial charge in [-0.15, -0.1) is 5.10 Å². The molecule has 0 saturated carbocycles. The van der Waals surface area contributed by atoms with Crippen molar-refractivity contribution in [1.29, 1.82) is 0 Å². The standard InChI is InChI=1S/C36H38ClN9O6/c1-2-3-13-29-40-31(37)30(46(29)21-23-14-16-24(17-15-23)25-11-7-8-12-26(25)32-41-44-45-42-32)35(49)38-19-18-28(36(50)51)39-33(47)27(34(48)43-52)20-22-9-5-4-6-10-22/h4-12,14-17,27-28,52H,2-3,13,18-21H2,1H3,(H,38,49)(H,39,47)(H,43,48)(H,50,51)(H,41,42,44,45). The number of nitrogens with zero attached hydrogens (tertiary/aromatic N) is 5. The molecular weight excluding hydrogens is 690 g/mol. The molecule has 5 aromatic rings. The number of aryl methyl sites for hydroxylation is 1. The number of aliphatic carboxylic acids is 1. The quantitative estimate of drug-likeness (QED) is 0.0462. The maximum absolute atomic E-state index is 13.6. The summed E-state index contributed by atoms with van der Waals surface area (Å²) in [5.41, 5.74) is 5.83. The van der Waals surface area contributed by atoms with Crippen LogP contribution in [0, 0.1) is 5.92 Å². The molecule has 2 heterocycles. The summed E-state index contributed by atoms with van der Waals surface area (Å²) in [6, 6.07) is 22.8. The Morgan fingerprint density at radius 1 is 0.923 bits per heavy atom. The Kier molecular flexibility index (Phi) is 12.8. The van der Waals surface area contributed by atoms with E-state index in [1.165, 1.54) is 5.48 Å². The molecule has 3 aromatic carbocycles. The number of rotatable bonds is 17. The van der Waals surface area contributed by atoms with Crippen molar-refractivity contribution in [2.24, 2.45) is 5.92 Å². The fraction of sp³-hybridized carbons (Fsp3) is 0.278. The van der Waals surface area contributed by atoms with Crippen LogP contribution >= 0.6 is 11.6 Å². The highest BCUT2D eigenvalue weighted by molar-refractivity contribution is 6.32. The van der Waals surface area contributed by atoms with Gasteiger partial charge < -0.3 is 20.3 Å². The molecule has 0 bridgehead atoms. The summed E-state index contributed by atoms with van der Waals surface area (Å²) in [5.74, 6) is -4.02. The minimum atomic E-state index is -1.44. The van der Waals surface area contributed by atoms with Crippen LogP contribution in [0.5, 0.6) is 0 Å². The van der Waals surface area contributed by atoms with Crippen LogP contribution in [0.4, 0.5) is 0 Å². The topological polar surface area (TPSA) is 217 Å². The molecule has 0 aliphatic heterocycles. The monoisotopic (exact) mass is 727 g/mol. The first kappa shape index (κ1) is 37.3. The van der Waals surface area contributed by atoms with Crippen LogP contribution in [0.2, 0.25) is 5.15 Å². The van der Waals surface area contributed by atoms with Gasteiger partial charge in [0.25, 0.3) is 11.8 Å². The minimum absolute atomic E-state index is 0.0108. The summed E-state index contributed by atoms with van der Waals surface area (Å²) < 4.78 is 1.76. The van der Waals surface area contributed by atoms with Crippen LogP contribution < -0.4 is 16.1 Å². The molecule has 5 rings (SSSR count). The average molecular weight is 728 g/mol. The molecule has 2 atom stereocenters. The van der Waals surface area contributed by atoms with Crippen molar-refractivity contribution in [3.63, 3.8) is 0 Å². The van der Waals surface area contributed by atoms with Crippen LogP contribution in [0.15, 0.2) is 78.9 Å². The Bertz CT molecular complexity index is 1990. The highest BCUT2D eigenvalue weighted by atomic mass is 35.5. The highest BCUT2D eigenvalue weighted by Crippen LogP contribution is 2.30. The number of carbonyl (C=O) groups is 4. The van der Waals surface area contributed by atoms with Gasteiger partial charge in [0, 0.05) is 25.1 Å². The Morgan fingerprint density at radius 3 is 2.29 bits per heavy atom. The molecule has 16 heteroatoms. The molecule has 0 aliphatic carbocycles. The number of hydroxylamine groups is 1. The second-order valence-corrected chi connectivity index (χ2v) is 12.4. The lowest BCUT2D eigenvalue weighted by molar-refractivity contribution is -0.146. The number of aromatic amines is 1. The number of amides is 3. The summed E-state index contributed by atoms with van der Waals surface area (Å²) >= 11 is 6.55. The Labute approximate surface area is 303 Å². The number of hydrogen-bond donors (Lipinski definition) is 6. The predicted molar refractivity (Wildman–Crippen MR) is 190 cm³/mol. The van der Waals surface area contributed by atoms with E-state index in [4.69, 9.17) is 11.6 Å². The van der Waals surface area contributed by atoms with Crippen molar-refractivity contribution in [1.82, 2.24) is 46.3 Å². The van der Waals surface area contributed by atoms with Gasteiger partial charge in [-0.25, -0.2) is 20.4 Å². The number of carbonyl (C=O) groups excluding carboxylic acids is 3. The van der Waals surface area contributed by atoms with E-state index in [9.17, 15) is 29.5 Å². The first-order valence-electron chi connectivity index (χ1n) is 16.7. The van der Waals surface area contributed by atoms with Gasteiger partial charge >= 0.3 is 5.97 Å². The summed E-state index contributed by atoms with van der Waals surface area (Å²) in [7, 11) is 0. The van der Waals surface area contributed by atoms with Crippen LogP contribution in [0.25, 0.3) is 22.5 Å². The van der Waals surface area contributed by atoms with Gasteiger partial charge in [0.2, 0.25) is 5.91 Å². The highest BCUT2D eigenvalue weighted by Gasteiger charge is 2.31. The number of tetrazole rings is 1. The van der Waals surface area contributed by atoms with Crippen molar-refractivity contribution in [2.75, 3.05) is 6.54 Å². The lowest BCUT2D eigenvalue weighted by Crippen LogP contribution is -2.49. The van der Waals surface area contributed by atoms with Crippen LogP contribution in [-0.2, 0) is 33.8 Å².